The van der Waals surface area contributed by atoms with Crippen molar-refractivity contribution in [1.29, 1.82) is 0 Å². The Labute approximate surface area is 150 Å². The van der Waals surface area contributed by atoms with Gasteiger partial charge in [0.1, 0.15) is 0 Å². The van der Waals surface area contributed by atoms with Crippen molar-refractivity contribution in [3.63, 3.8) is 0 Å². The van der Waals surface area contributed by atoms with Gasteiger partial charge in [-0.05, 0) is 6.42 Å². The Morgan fingerprint density at radius 3 is 1.25 bits per heavy atom. The predicted octanol–water partition coefficient (Wildman–Crippen LogP) is -1.48. The van der Waals surface area contributed by atoms with E-state index in [4.69, 9.17) is 5.11 Å². The molecule has 1 nitrogen and oxygen atoms in total. The first-order valence-electron chi connectivity index (χ1n) is 6.52. The second-order valence-electron chi connectivity index (χ2n) is 4.26. The molecule has 16 heavy (non-hydrogen) atoms. The Balaban J connectivity index is -0.000000141. The third-order valence-corrected chi connectivity index (χ3v) is 2.76. The standard InChI is InChI=1S/C13H28O.2Na.2H/c1-2-3-4-5-6-7-8-9-10-11-12-13-14;;;;/h14H,2-13H2,1H3;;;;/q;2*+1;2*-1. The van der Waals surface area contributed by atoms with Gasteiger partial charge < -0.3 is 7.96 Å². The molecule has 0 aliphatic rings. The molecule has 0 bridgehead atoms. The zero-order valence-electron chi connectivity index (χ0n) is 13.9. The van der Waals surface area contributed by atoms with E-state index in [9.17, 15) is 0 Å². The van der Waals surface area contributed by atoms with Crippen molar-refractivity contribution < 1.29 is 67.1 Å². The predicted molar refractivity (Wildman–Crippen MR) is 65.8 cm³/mol. The van der Waals surface area contributed by atoms with Gasteiger partial charge in [-0.1, -0.05) is 71.1 Å². The summed E-state index contributed by atoms with van der Waals surface area (Å²) in [5, 5.41) is 8.59. The van der Waals surface area contributed by atoms with Gasteiger partial charge in [0.15, 0.2) is 0 Å². The van der Waals surface area contributed by atoms with Crippen molar-refractivity contribution in [1.82, 2.24) is 0 Å². The summed E-state index contributed by atoms with van der Waals surface area (Å²) < 4.78 is 0. The van der Waals surface area contributed by atoms with Crippen LogP contribution in [0.15, 0.2) is 0 Å². The van der Waals surface area contributed by atoms with Gasteiger partial charge in [-0.2, -0.15) is 0 Å². The zero-order chi connectivity index (χ0) is 10.5. The molecule has 0 saturated carbocycles. The first-order chi connectivity index (χ1) is 6.91. The van der Waals surface area contributed by atoms with Crippen LogP contribution in [0.25, 0.3) is 0 Å². The summed E-state index contributed by atoms with van der Waals surface area (Å²) >= 11 is 0. The first kappa shape index (κ1) is 23.1. The maximum atomic E-state index is 8.59. The van der Waals surface area contributed by atoms with Crippen molar-refractivity contribution in [3.8, 4) is 0 Å². The van der Waals surface area contributed by atoms with E-state index in [0.29, 0.717) is 6.61 Å². The molecule has 0 rings (SSSR count). The Morgan fingerprint density at radius 2 is 0.938 bits per heavy atom. The van der Waals surface area contributed by atoms with E-state index in [0.717, 1.165) is 6.42 Å². The van der Waals surface area contributed by atoms with Gasteiger partial charge in [-0.3, -0.25) is 0 Å². The van der Waals surface area contributed by atoms with Gasteiger partial charge in [-0.25, -0.2) is 0 Å². The Morgan fingerprint density at radius 1 is 0.625 bits per heavy atom. The summed E-state index contributed by atoms with van der Waals surface area (Å²) in [5.41, 5.74) is 0. The van der Waals surface area contributed by atoms with Gasteiger partial charge in [0, 0.05) is 6.61 Å². The maximum absolute atomic E-state index is 8.59. The molecule has 0 amide bonds. The Kier molecular flexibility index (Phi) is 32.0. The Bertz CT molecular complexity index is 97.0. The van der Waals surface area contributed by atoms with Crippen molar-refractivity contribution in [3.05, 3.63) is 0 Å². The topological polar surface area (TPSA) is 20.2 Å². The van der Waals surface area contributed by atoms with E-state index in [1.54, 1.807) is 0 Å². The van der Waals surface area contributed by atoms with Gasteiger partial charge in [0.05, 0.1) is 0 Å². The third-order valence-electron chi connectivity index (χ3n) is 2.76. The van der Waals surface area contributed by atoms with Crippen LogP contribution < -0.4 is 59.1 Å². The van der Waals surface area contributed by atoms with E-state index >= 15 is 0 Å². The van der Waals surface area contributed by atoms with Gasteiger partial charge >= 0.3 is 59.1 Å². The monoisotopic (exact) mass is 248 g/mol. The first-order valence-corrected chi connectivity index (χ1v) is 6.52. The average Bonchev–Trinajstić information content (AvgIpc) is 2.21. The molecule has 0 aliphatic carbocycles. The second kappa shape index (κ2) is 22.2. The zero-order valence-corrected chi connectivity index (χ0v) is 15.9. The Hall–Kier alpha value is 1.96. The summed E-state index contributed by atoms with van der Waals surface area (Å²) in [7, 11) is 0. The molecule has 0 saturated heterocycles. The fraction of sp³-hybridized carbons (Fsp3) is 1.00. The van der Waals surface area contributed by atoms with Crippen LogP contribution >= 0.6 is 0 Å². The van der Waals surface area contributed by atoms with Crippen LogP contribution in [0.2, 0.25) is 0 Å². The molecule has 0 aromatic heterocycles. The van der Waals surface area contributed by atoms with Crippen LogP contribution in [-0.2, 0) is 0 Å². The molecule has 3 heteroatoms. The number of aliphatic hydroxyl groups is 1. The van der Waals surface area contributed by atoms with Crippen molar-refractivity contribution in [2.24, 2.45) is 0 Å². The number of aliphatic hydroxyl groups excluding tert-OH is 1. The van der Waals surface area contributed by atoms with Crippen LogP contribution in [0.4, 0.5) is 0 Å². The SMILES string of the molecule is CCCCCCCCCCCCCO.[H-].[H-].[Na+].[Na+]. The minimum atomic E-state index is 0. The van der Waals surface area contributed by atoms with Gasteiger partial charge in [0.25, 0.3) is 0 Å². The van der Waals surface area contributed by atoms with Crippen LogP contribution in [0.5, 0.6) is 0 Å². The second-order valence-corrected chi connectivity index (χ2v) is 4.26. The minimum absolute atomic E-state index is 0. The molecule has 0 radical (unpaired) electrons. The minimum Gasteiger partial charge on any atom is -1.00 e. The summed E-state index contributed by atoms with van der Waals surface area (Å²) in [5.74, 6) is 0. The van der Waals surface area contributed by atoms with Crippen LogP contribution in [0.3, 0.4) is 0 Å². The van der Waals surface area contributed by atoms with Crippen molar-refractivity contribution >= 4 is 0 Å². The van der Waals surface area contributed by atoms with Crippen LogP contribution in [-0.4, -0.2) is 11.7 Å². The van der Waals surface area contributed by atoms with E-state index in [1.807, 2.05) is 0 Å². The molecule has 0 atom stereocenters. The van der Waals surface area contributed by atoms with E-state index in [2.05, 4.69) is 6.92 Å². The van der Waals surface area contributed by atoms with Gasteiger partial charge in [-0.15, -0.1) is 0 Å². The fourth-order valence-corrected chi connectivity index (χ4v) is 1.78. The van der Waals surface area contributed by atoms with E-state index in [-0.39, 0.29) is 62.0 Å². The number of unbranched alkanes of at least 4 members (excludes halogenated alkanes) is 10. The van der Waals surface area contributed by atoms with Crippen LogP contribution in [0.1, 0.15) is 80.4 Å². The fourth-order valence-electron chi connectivity index (χ4n) is 1.78. The third kappa shape index (κ3) is 21.3. The molecule has 0 aromatic rings. The van der Waals surface area contributed by atoms with Crippen molar-refractivity contribution in [2.75, 3.05) is 6.61 Å². The van der Waals surface area contributed by atoms with Crippen LogP contribution in [0, 0.1) is 0 Å². The largest absolute Gasteiger partial charge is 1.00 e. The van der Waals surface area contributed by atoms with Gasteiger partial charge in [0.2, 0.25) is 0 Å². The smallest absolute Gasteiger partial charge is 1.00 e. The molecule has 0 fully saturated rings. The van der Waals surface area contributed by atoms with Crippen molar-refractivity contribution in [2.45, 2.75) is 77.6 Å². The molecule has 1 N–H and O–H groups in total. The molecular weight excluding hydrogens is 218 g/mol. The summed E-state index contributed by atoms with van der Waals surface area (Å²) in [6, 6.07) is 0. The quantitative estimate of drug-likeness (QED) is 0.349. The molecule has 0 aliphatic heterocycles. The number of hydrogen-bond donors (Lipinski definition) is 1. The molecule has 0 unspecified atom stereocenters. The molecular formula is C13H30Na2O. The summed E-state index contributed by atoms with van der Waals surface area (Å²) in [6.07, 6.45) is 14.8. The molecule has 0 aromatic carbocycles. The average molecular weight is 248 g/mol. The number of hydrogen-bond acceptors (Lipinski definition) is 1. The molecule has 90 valence electrons. The number of rotatable bonds is 11. The summed E-state index contributed by atoms with van der Waals surface area (Å²) in [4.78, 5) is 0. The maximum Gasteiger partial charge on any atom is 1.00 e. The van der Waals surface area contributed by atoms with E-state index < -0.39 is 0 Å². The molecule has 0 heterocycles. The normalized spacial score (nSPS) is 9.38. The molecule has 0 spiro atoms. The van der Waals surface area contributed by atoms with E-state index in [1.165, 1.54) is 64.2 Å². The summed E-state index contributed by atoms with van der Waals surface area (Å²) in [6.45, 7) is 2.64.